The minimum absolute atomic E-state index is 0.0491. The van der Waals surface area contributed by atoms with Crippen LogP contribution >= 0.6 is 11.6 Å². The number of piperazine rings is 1. The van der Waals surface area contributed by atoms with Crippen LogP contribution in [0.5, 0.6) is 5.75 Å². The van der Waals surface area contributed by atoms with Crippen molar-refractivity contribution in [3.8, 4) is 5.75 Å². The highest BCUT2D eigenvalue weighted by Gasteiger charge is 2.34. The molecule has 0 bridgehead atoms. The first-order valence-corrected chi connectivity index (χ1v) is 18.8. The van der Waals surface area contributed by atoms with Crippen LogP contribution in [0.3, 0.4) is 0 Å². The first-order valence-electron chi connectivity index (χ1n) is 16.8. The van der Waals surface area contributed by atoms with Crippen molar-refractivity contribution in [3.05, 3.63) is 60.0 Å². The second-order valence-electron chi connectivity index (χ2n) is 12.6. The van der Waals surface area contributed by atoms with Crippen molar-refractivity contribution in [2.45, 2.75) is 32.2 Å². The Balaban J connectivity index is 1.29. The van der Waals surface area contributed by atoms with Crippen molar-refractivity contribution in [2.75, 3.05) is 79.0 Å². The number of halogens is 4. The molecule has 52 heavy (non-hydrogen) atoms. The molecule has 2 N–H and O–H groups in total. The summed E-state index contributed by atoms with van der Waals surface area (Å²) >= 11 is 6.48. The lowest BCUT2D eigenvalue weighted by Crippen LogP contribution is -2.52. The van der Waals surface area contributed by atoms with Gasteiger partial charge in [0.2, 0.25) is 16.0 Å². The molecule has 18 heteroatoms. The Labute approximate surface area is 305 Å². The predicted molar refractivity (Wildman–Crippen MR) is 199 cm³/mol. The van der Waals surface area contributed by atoms with Crippen molar-refractivity contribution in [1.29, 1.82) is 0 Å². The molecule has 2 saturated heterocycles. The smallest absolute Gasteiger partial charge is 0.403 e. The van der Waals surface area contributed by atoms with E-state index in [2.05, 4.69) is 63.6 Å². The van der Waals surface area contributed by atoms with Gasteiger partial charge < -0.3 is 25.2 Å². The highest BCUT2D eigenvalue weighted by Crippen LogP contribution is 2.41. The molecule has 0 amide bonds. The largest absolute Gasteiger partial charge is 0.573 e. The number of likely N-dealkylation sites (N-methyl/N-ethyl adjacent to an activating group) is 1. The summed E-state index contributed by atoms with van der Waals surface area (Å²) in [6.07, 6.45) is 2.58. The van der Waals surface area contributed by atoms with Crippen molar-refractivity contribution in [3.63, 3.8) is 0 Å². The van der Waals surface area contributed by atoms with E-state index < -0.39 is 22.1 Å². The molecule has 2 aliphatic rings. The minimum atomic E-state index is -4.98. The van der Waals surface area contributed by atoms with Gasteiger partial charge in [0.25, 0.3) is 0 Å². The lowest BCUT2D eigenvalue weighted by molar-refractivity contribution is -0.274. The number of fused-ring (bicyclic) bond motifs is 1. The van der Waals surface area contributed by atoms with Gasteiger partial charge in [-0.3, -0.25) is 19.2 Å². The van der Waals surface area contributed by atoms with E-state index in [-0.39, 0.29) is 39.6 Å². The zero-order valence-corrected chi connectivity index (χ0v) is 30.6. The molecule has 2 aromatic heterocycles. The maximum atomic E-state index is 13.8. The van der Waals surface area contributed by atoms with Gasteiger partial charge in [-0.2, -0.15) is 4.98 Å². The summed E-state index contributed by atoms with van der Waals surface area (Å²) < 4.78 is 72.9. The Morgan fingerprint density at radius 3 is 2.42 bits per heavy atom. The Kier molecular flexibility index (Phi) is 11.0. The lowest BCUT2D eigenvalue weighted by Gasteiger charge is -2.43. The van der Waals surface area contributed by atoms with Gasteiger partial charge in [0.05, 0.1) is 28.8 Å². The van der Waals surface area contributed by atoms with E-state index in [0.717, 1.165) is 43.3 Å². The molecule has 4 aromatic rings. The fourth-order valence-electron chi connectivity index (χ4n) is 6.53. The van der Waals surface area contributed by atoms with Crippen LogP contribution in [-0.4, -0.2) is 110 Å². The first-order chi connectivity index (χ1) is 24.8. The summed E-state index contributed by atoms with van der Waals surface area (Å²) in [7, 11) is -0.218. The summed E-state index contributed by atoms with van der Waals surface area (Å²) in [6.45, 7) is 10.8. The SMILES string of the molecule is C=Cc1cc(Nc2ncc(Cl)c(Nc3ccc4nccnc4c3N(C)S(=O)(=O)CC)n2)c(OC(F)(F)F)cc1N1CCC(N2CCN(C)CC2)CC1. The second-order valence-corrected chi connectivity index (χ2v) is 15.3. The average molecular weight is 761 g/mol. The third-order valence-electron chi connectivity index (χ3n) is 9.39. The van der Waals surface area contributed by atoms with Crippen molar-refractivity contribution in [2.24, 2.45) is 0 Å². The molecular weight excluding hydrogens is 721 g/mol. The summed E-state index contributed by atoms with van der Waals surface area (Å²) in [5.74, 6) is -0.700. The van der Waals surface area contributed by atoms with Crippen LogP contribution in [0.4, 0.5) is 47.7 Å². The van der Waals surface area contributed by atoms with Gasteiger partial charge in [0, 0.05) is 76.5 Å². The van der Waals surface area contributed by atoms with Gasteiger partial charge in [0.1, 0.15) is 16.2 Å². The molecule has 0 radical (unpaired) electrons. The van der Waals surface area contributed by atoms with Crippen LogP contribution in [0.15, 0.2) is 49.4 Å². The zero-order chi connectivity index (χ0) is 37.2. The molecule has 2 aromatic carbocycles. The van der Waals surface area contributed by atoms with E-state index in [1.165, 1.54) is 44.7 Å². The number of piperidine rings is 1. The van der Waals surface area contributed by atoms with Gasteiger partial charge in [-0.05, 0) is 50.6 Å². The molecule has 2 aliphatic heterocycles. The van der Waals surface area contributed by atoms with Gasteiger partial charge in [-0.1, -0.05) is 24.3 Å². The average Bonchev–Trinajstić information content (AvgIpc) is 3.13. The standard InChI is InChI=1S/C34H40ClF3N10O3S/c1-5-22-19-27(29(51-34(36,37)38)20-28(22)48-13-9-23(10-14-48)47-17-15-45(3)16-18-47)43-33-41-21-24(35)32(44-33)42-26-8-7-25-30(40-12-11-39-25)31(26)46(4)52(49,50)6-2/h5,7-8,11-12,19-21,23H,1,6,9-10,13-18H2,2-4H3,(H2,41,42,43,44). The lowest BCUT2D eigenvalue weighted by atomic mass is 10.00. The van der Waals surface area contributed by atoms with E-state index in [1.54, 1.807) is 18.2 Å². The van der Waals surface area contributed by atoms with Crippen LogP contribution in [0.2, 0.25) is 5.02 Å². The van der Waals surface area contributed by atoms with Crippen molar-refractivity contribution in [1.82, 2.24) is 29.7 Å². The molecule has 0 spiro atoms. The molecule has 0 unspecified atom stereocenters. The molecule has 6 rings (SSSR count). The third-order valence-corrected chi connectivity index (χ3v) is 11.4. The number of benzene rings is 2. The maximum Gasteiger partial charge on any atom is 0.573 e. The molecule has 278 valence electrons. The van der Waals surface area contributed by atoms with Crippen LogP contribution in [0.1, 0.15) is 25.3 Å². The molecule has 0 atom stereocenters. The normalized spacial score (nSPS) is 16.6. The summed E-state index contributed by atoms with van der Waals surface area (Å²) in [4.78, 5) is 24.2. The monoisotopic (exact) mass is 760 g/mol. The van der Waals surface area contributed by atoms with E-state index in [9.17, 15) is 21.6 Å². The van der Waals surface area contributed by atoms with Crippen molar-refractivity contribution < 1.29 is 26.3 Å². The zero-order valence-electron chi connectivity index (χ0n) is 29.0. The number of hydrogen-bond acceptors (Lipinski definition) is 12. The Morgan fingerprint density at radius 2 is 1.75 bits per heavy atom. The predicted octanol–water partition coefficient (Wildman–Crippen LogP) is 6.10. The number of sulfonamides is 1. The van der Waals surface area contributed by atoms with Gasteiger partial charge >= 0.3 is 6.36 Å². The topological polar surface area (TPSA) is 132 Å². The van der Waals surface area contributed by atoms with E-state index >= 15 is 0 Å². The highest BCUT2D eigenvalue weighted by atomic mass is 35.5. The van der Waals surface area contributed by atoms with Crippen molar-refractivity contribution >= 4 is 73.2 Å². The number of rotatable bonds is 11. The second kappa shape index (κ2) is 15.3. The fourth-order valence-corrected chi connectivity index (χ4v) is 7.51. The van der Waals surface area contributed by atoms with Gasteiger partial charge in [0.15, 0.2) is 11.6 Å². The number of nitrogens with one attached hydrogen (secondary N) is 2. The number of nitrogens with zero attached hydrogens (tertiary/aromatic N) is 8. The number of alkyl halides is 3. The van der Waals surface area contributed by atoms with Crippen LogP contribution in [-0.2, 0) is 10.0 Å². The molecule has 4 heterocycles. The van der Waals surface area contributed by atoms with Crippen LogP contribution < -0.4 is 24.6 Å². The fraction of sp³-hybridized carbons (Fsp3) is 0.412. The van der Waals surface area contributed by atoms with Crippen LogP contribution in [0, 0.1) is 0 Å². The van der Waals surface area contributed by atoms with E-state index in [0.29, 0.717) is 41.4 Å². The molecular formula is C34H40ClF3N10O3S. The third kappa shape index (κ3) is 8.27. The quantitative estimate of drug-likeness (QED) is 0.183. The van der Waals surface area contributed by atoms with Crippen LogP contribution in [0.25, 0.3) is 17.1 Å². The summed E-state index contributed by atoms with van der Waals surface area (Å²) in [5, 5.41) is 5.97. The number of ether oxygens (including phenoxy) is 1. The Morgan fingerprint density at radius 1 is 1.04 bits per heavy atom. The number of aromatic nitrogens is 4. The molecule has 2 fully saturated rings. The molecule has 0 saturated carbocycles. The number of hydrogen-bond donors (Lipinski definition) is 2. The van der Waals surface area contributed by atoms with E-state index in [1.807, 2.05) is 0 Å². The molecule has 0 aliphatic carbocycles. The van der Waals surface area contributed by atoms with Gasteiger partial charge in [-0.15, -0.1) is 13.2 Å². The van der Waals surface area contributed by atoms with E-state index in [4.69, 9.17) is 11.6 Å². The highest BCUT2D eigenvalue weighted by molar-refractivity contribution is 7.92. The Hall–Kier alpha value is -4.45. The number of anilines is 6. The maximum absolute atomic E-state index is 13.8. The first kappa shape index (κ1) is 37.3. The molecule has 13 nitrogen and oxygen atoms in total. The minimum Gasteiger partial charge on any atom is -0.403 e. The summed E-state index contributed by atoms with van der Waals surface area (Å²) in [5.41, 5.74) is 2.39. The Bertz CT molecular complexity index is 2040. The van der Waals surface area contributed by atoms with Gasteiger partial charge in [-0.25, -0.2) is 13.4 Å². The summed E-state index contributed by atoms with van der Waals surface area (Å²) in [6, 6.07) is 6.57.